The van der Waals surface area contributed by atoms with Crippen molar-refractivity contribution in [2.24, 2.45) is 7.05 Å². The second kappa shape index (κ2) is 7.61. The van der Waals surface area contributed by atoms with Crippen LogP contribution in [0.15, 0.2) is 40.8 Å². The zero-order valence-corrected chi connectivity index (χ0v) is 19.4. The minimum Gasteiger partial charge on any atom is -0.454 e. The van der Waals surface area contributed by atoms with Gasteiger partial charge in [-0.15, -0.1) is 32.9 Å². The Hall–Kier alpha value is -2.89. The Kier molecular flexibility index (Phi) is 4.70. The number of nitrogens with zero attached hydrogens (tertiary/aromatic N) is 5. The zero-order chi connectivity index (χ0) is 21.8. The van der Waals surface area contributed by atoms with Gasteiger partial charge in [0.25, 0.3) is 5.56 Å². The molecule has 0 unspecified atom stereocenters. The molecule has 0 atom stereocenters. The average Bonchev–Trinajstić information content (AvgIpc) is 3.59. The van der Waals surface area contributed by atoms with Crippen LogP contribution in [0.1, 0.15) is 26.6 Å². The Morgan fingerprint density at radius 2 is 2.09 bits per heavy atom. The van der Waals surface area contributed by atoms with Crippen molar-refractivity contribution in [3.63, 3.8) is 0 Å². The normalized spacial score (nSPS) is 13.7. The molecular formula is C21H17N5O3S3. The Balaban J connectivity index is 1.38. The molecule has 0 bridgehead atoms. The van der Waals surface area contributed by atoms with Gasteiger partial charge in [0.1, 0.15) is 9.70 Å². The Labute approximate surface area is 194 Å². The number of esters is 1. The van der Waals surface area contributed by atoms with Crippen molar-refractivity contribution < 1.29 is 9.53 Å². The van der Waals surface area contributed by atoms with E-state index in [0.29, 0.717) is 21.9 Å². The summed E-state index contributed by atoms with van der Waals surface area (Å²) in [5, 5.41) is 11.1. The maximum absolute atomic E-state index is 13.3. The van der Waals surface area contributed by atoms with E-state index in [0.717, 1.165) is 34.0 Å². The van der Waals surface area contributed by atoms with Crippen molar-refractivity contribution in [1.82, 2.24) is 23.7 Å². The summed E-state index contributed by atoms with van der Waals surface area (Å²) < 4.78 is 11.6. The van der Waals surface area contributed by atoms with Gasteiger partial charge in [0.05, 0.1) is 11.1 Å². The zero-order valence-electron chi connectivity index (χ0n) is 17.0. The fourth-order valence-electron chi connectivity index (χ4n) is 4.03. The highest BCUT2D eigenvalue weighted by atomic mass is 32.2. The third-order valence-electron chi connectivity index (χ3n) is 5.57. The number of ether oxygens (including phenoxy) is 1. The molecule has 0 saturated heterocycles. The van der Waals surface area contributed by atoms with Crippen LogP contribution < -0.4 is 5.56 Å². The van der Waals surface area contributed by atoms with Crippen LogP contribution in [-0.4, -0.2) is 35.5 Å². The predicted molar refractivity (Wildman–Crippen MR) is 126 cm³/mol. The van der Waals surface area contributed by atoms with Gasteiger partial charge >= 0.3 is 5.97 Å². The van der Waals surface area contributed by atoms with Gasteiger partial charge in [0.15, 0.2) is 12.4 Å². The summed E-state index contributed by atoms with van der Waals surface area (Å²) in [7, 11) is 1.67. The summed E-state index contributed by atoms with van der Waals surface area (Å²) in [4.78, 5) is 27.1. The number of hydrogen-bond acceptors (Lipinski definition) is 8. The maximum Gasteiger partial charge on any atom is 0.341 e. The predicted octanol–water partition coefficient (Wildman–Crippen LogP) is 3.64. The molecule has 0 radical (unpaired) electrons. The third kappa shape index (κ3) is 2.95. The van der Waals surface area contributed by atoms with E-state index in [1.54, 1.807) is 22.8 Å². The summed E-state index contributed by atoms with van der Waals surface area (Å²) >= 11 is 4.91. The van der Waals surface area contributed by atoms with Gasteiger partial charge in [-0.3, -0.25) is 13.8 Å². The van der Waals surface area contributed by atoms with Crippen molar-refractivity contribution in [2.45, 2.75) is 18.8 Å². The number of thiophene rings is 2. The molecule has 6 heterocycles. The second-order valence-electron chi connectivity index (χ2n) is 7.40. The quantitative estimate of drug-likeness (QED) is 0.363. The lowest BCUT2D eigenvalue weighted by atomic mass is 10.1. The van der Waals surface area contributed by atoms with Crippen LogP contribution in [-0.2, 0) is 30.6 Å². The van der Waals surface area contributed by atoms with E-state index in [1.165, 1.54) is 20.8 Å². The van der Waals surface area contributed by atoms with E-state index in [4.69, 9.17) is 4.74 Å². The first-order valence-corrected chi connectivity index (χ1v) is 12.8. The molecule has 0 amide bonds. The average molecular weight is 484 g/mol. The molecule has 0 aromatic carbocycles. The number of carbonyl (C=O) groups excluding carboxylic acids is 1. The highest BCUT2D eigenvalue weighted by molar-refractivity contribution is 7.98. The van der Waals surface area contributed by atoms with E-state index in [1.807, 2.05) is 52.3 Å². The highest BCUT2D eigenvalue weighted by Crippen LogP contribution is 2.38. The molecule has 5 aromatic rings. The number of fused-ring (bicyclic) bond motifs is 4. The van der Waals surface area contributed by atoms with Crippen molar-refractivity contribution in [3.8, 4) is 5.00 Å². The lowest BCUT2D eigenvalue weighted by molar-refractivity contribution is 0.0461. The summed E-state index contributed by atoms with van der Waals surface area (Å²) in [5.74, 6) is 2.45. The van der Waals surface area contributed by atoms with Crippen molar-refractivity contribution >= 4 is 56.4 Å². The molecule has 162 valence electrons. The first-order chi connectivity index (χ1) is 15.6. The van der Waals surface area contributed by atoms with Crippen molar-refractivity contribution in [3.05, 3.63) is 68.2 Å². The molecule has 8 nitrogen and oxygen atoms in total. The molecule has 0 N–H and O–H groups in total. The molecule has 11 heteroatoms. The number of aryl methyl sites for hydroxylation is 1. The molecular weight excluding hydrogens is 466 g/mol. The minimum absolute atomic E-state index is 0.0341. The van der Waals surface area contributed by atoms with Crippen LogP contribution in [0.2, 0.25) is 0 Å². The number of carbonyl (C=O) groups is 1. The van der Waals surface area contributed by atoms with Crippen LogP contribution in [0.3, 0.4) is 0 Å². The second-order valence-corrected chi connectivity index (χ2v) is 10.5. The first kappa shape index (κ1) is 19.8. The fourth-order valence-corrected chi connectivity index (χ4v) is 7.31. The largest absolute Gasteiger partial charge is 0.454 e. The lowest BCUT2D eigenvalue weighted by Gasteiger charge is -2.12. The summed E-state index contributed by atoms with van der Waals surface area (Å²) in [6.45, 7) is -0.0341. The highest BCUT2D eigenvalue weighted by Gasteiger charge is 2.28. The number of hydrogen-bond donors (Lipinski definition) is 0. The summed E-state index contributed by atoms with van der Waals surface area (Å²) in [6, 6.07) is 5.75. The van der Waals surface area contributed by atoms with Crippen LogP contribution in [0, 0.1) is 0 Å². The molecule has 32 heavy (non-hydrogen) atoms. The minimum atomic E-state index is -0.360. The van der Waals surface area contributed by atoms with Crippen LogP contribution >= 0.6 is 34.4 Å². The Bertz CT molecular complexity index is 1540. The molecule has 0 aliphatic carbocycles. The standard InChI is InChI=1S/C21H17N5O3S3/c1-24-18(27)17-13(5-9-31-17)26-15(22-23-21(24)26)10-29-20(28)16-12-4-8-30-11-14(12)32-19(16)25-6-2-3-7-25/h2-3,5-7,9H,4,8,10-11H2,1H3. The number of thioether (sulfide) groups is 1. The number of rotatable bonds is 4. The van der Waals surface area contributed by atoms with Gasteiger partial charge in [-0.25, -0.2) is 4.79 Å². The monoisotopic (exact) mass is 483 g/mol. The van der Waals surface area contributed by atoms with E-state index >= 15 is 0 Å². The Morgan fingerprint density at radius 1 is 1.25 bits per heavy atom. The van der Waals surface area contributed by atoms with Crippen LogP contribution in [0.5, 0.6) is 0 Å². The first-order valence-electron chi connectivity index (χ1n) is 9.96. The van der Waals surface area contributed by atoms with Gasteiger partial charge in [-0.2, -0.15) is 11.8 Å². The van der Waals surface area contributed by atoms with Gasteiger partial charge < -0.3 is 9.30 Å². The van der Waals surface area contributed by atoms with E-state index in [-0.39, 0.29) is 18.1 Å². The van der Waals surface area contributed by atoms with Crippen LogP contribution in [0.4, 0.5) is 0 Å². The number of aromatic nitrogens is 5. The third-order valence-corrected chi connectivity index (χ3v) is 8.88. The Morgan fingerprint density at radius 3 is 2.94 bits per heavy atom. The summed E-state index contributed by atoms with van der Waals surface area (Å²) in [5.41, 5.74) is 2.35. The fraction of sp³-hybridized carbons (Fsp3) is 0.238. The maximum atomic E-state index is 13.3. The topological polar surface area (TPSA) is 83.4 Å². The van der Waals surface area contributed by atoms with E-state index in [9.17, 15) is 9.59 Å². The molecule has 1 aliphatic heterocycles. The molecule has 0 fully saturated rings. The molecule has 0 spiro atoms. The van der Waals surface area contributed by atoms with E-state index < -0.39 is 0 Å². The molecule has 0 saturated carbocycles. The van der Waals surface area contributed by atoms with Gasteiger partial charge in [0.2, 0.25) is 5.78 Å². The lowest BCUT2D eigenvalue weighted by Crippen LogP contribution is -2.19. The summed E-state index contributed by atoms with van der Waals surface area (Å²) in [6.07, 6.45) is 4.75. The van der Waals surface area contributed by atoms with Crippen molar-refractivity contribution in [1.29, 1.82) is 0 Å². The van der Waals surface area contributed by atoms with Crippen molar-refractivity contribution in [2.75, 3.05) is 5.75 Å². The van der Waals surface area contributed by atoms with Gasteiger partial charge in [-0.1, -0.05) is 0 Å². The van der Waals surface area contributed by atoms with E-state index in [2.05, 4.69) is 10.2 Å². The smallest absolute Gasteiger partial charge is 0.341 e. The van der Waals surface area contributed by atoms with Gasteiger partial charge in [0, 0.05) is 30.1 Å². The molecule has 5 aromatic heterocycles. The molecule has 1 aliphatic rings. The molecule has 6 rings (SSSR count). The SMILES string of the molecule is Cn1c(=O)c2sccc2n2c(COC(=O)c3c(-n4cccc4)sc4c3CCSC4)nnc12. The van der Waals surface area contributed by atoms with Gasteiger partial charge in [-0.05, 0) is 41.3 Å². The van der Waals surface area contributed by atoms with Crippen LogP contribution in [0.25, 0.3) is 21.0 Å².